The molecule has 3 fully saturated rings. The van der Waals surface area contributed by atoms with Crippen LogP contribution in [-0.4, -0.2) is 59.8 Å². The Labute approximate surface area is 242 Å². The largest absolute Gasteiger partial charge is 0.488 e. The van der Waals surface area contributed by atoms with E-state index in [1.807, 2.05) is 36.4 Å². The monoisotopic (exact) mass is 553 g/mol. The van der Waals surface area contributed by atoms with Crippen molar-refractivity contribution < 1.29 is 19.4 Å². The molecular formula is C34H39N3O4. The molecule has 4 heterocycles. The summed E-state index contributed by atoms with van der Waals surface area (Å²) in [4.78, 5) is 21.6. The second-order valence-corrected chi connectivity index (χ2v) is 12.3. The third-order valence-electron chi connectivity index (χ3n) is 10.0. The Hall–Kier alpha value is -3.42. The number of benzene rings is 2. The number of carboxylic acids is 1. The molecule has 1 aliphatic carbocycles. The maximum atomic E-state index is 11.7. The number of fused-ring (bicyclic) bond motifs is 2. The zero-order valence-corrected chi connectivity index (χ0v) is 23.8. The van der Waals surface area contributed by atoms with Crippen molar-refractivity contribution in [2.24, 2.45) is 11.3 Å². The van der Waals surface area contributed by atoms with E-state index >= 15 is 0 Å². The van der Waals surface area contributed by atoms with Gasteiger partial charge in [0.2, 0.25) is 0 Å². The van der Waals surface area contributed by atoms with Gasteiger partial charge in [0.25, 0.3) is 0 Å². The van der Waals surface area contributed by atoms with E-state index in [1.54, 1.807) is 0 Å². The van der Waals surface area contributed by atoms with Gasteiger partial charge in [-0.05, 0) is 91.5 Å². The molecule has 2 aromatic carbocycles. The van der Waals surface area contributed by atoms with Crippen molar-refractivity contribution in [3.63, 3.8) is 0 Å². The fraction of sp³-hybridized carbons (Fsp3) is 0.471. The number of piperidine rings is 1. The standard InChI is InChI=1S/C34H39N3O4/c1-23-25(12-11-24-19-36(15-13-28(23)24)27-6-5-17-40-22-27)21-41-31-9-3-2-7-29(31)30-8-4-10-32(35-30)37-16-14-34(33(38)39)18-26(34)20-37/h2-4,7-12,26-27H,5-6,13-22H2,1H3,(H,38,39)/t26-,27-,34+/m0/s1. The van der Waals surface area contributed by atoms with Crippen LogP contribution in [0.5, 0.6) is 5.75 Å². The van der Waals surface area contributed by atoms with Crippen LogP contribution in [0.1, 0.15) is 47.9 Å². The lowest BCUT2D eigenvalue weighted by Gasteiger charge is -2.38. The predicted octanol–water partition coefficient (Wildman–Crippen LogP) is 5.47. The Kier molecular flexibility index (Phi) is 6.95. The molecule has 4 aliphatic rings. The third-order valence-corrected chi connectivity index (χ3v) is 10.0. The molecule has 7 rings (SSSR count). The van der Waals surface area contributed by atoms with E-state index in [0.29, 0.717) is 19.1 Å². The molecule has 41 heavy (non-hydrogen) atoms. The molecule has 7 heteroatoms. The van der Waals surface area contributed by atoms with Crippen LogP contribution in [0.25, 0.3) is 11.3 Å². The highest BCUT2D eigenvalue weighted by Gasteiger charge is 2.62. The van der Waals surface area contributed by atoms with Crippen LogP contribution in [0.3, 0.4) is 0 Å². The fourth-order valence-corrected chi connectivity index (χ4v) is 7.29. The summed E-state index contributed by atoms with van der Waals surface area (Å²) < 4.78 is 12.2. The van der Waals surface area contributed by atoms with Gasteiger partial charge in [0.15, 0.2) is 0 Å². The van der Waals surface area contributed by atoms with E-state index in [1.165, 1.54) is 28.7 Å². The van der Waals surface area contributed by atoms with Gasteiger partial charge >= 0.3 is 5.97 Å². The van der Waals surface area contributed by atoms with Crippen LogP contribution in [-0.2, 0) is 29.1 Å². The second kappa shape index (κ2) is 10.8. The van der Waals surface area contributed by atoms with Gasteiger partial charge in [-0.25, -0.2) is 4.98 Å². The predicted molar refractivity (Wildman–Crippen MR) is 158 cm³/mol. The van der Waals surface area contributed by atoms with Gasteiger partial charge in [-0.1, -0.05) is 30.3 Å². The first-order valence-electron chi connectivity index (χ1n) is 15.1. The average Bonchev–Trinajstić information content (AvgIpc) is 3.77. The Morgan fingerprint density at radius 2 is 2.05 bits per heavy atom. The Morgan fingerprint density at radius 1 is 1.15 bits per heavy atom. The minimum absolute atomic E-state index is 0.221. The molecule has 1 saturated carbocycles. The molecule has 3 aromatic rings. The minimum atomic E-state index is -0.638. The first-order valence-corrected chi connectivity index (χ1v) is 15.1. The summed E-state index contributed by atoms with van der Waals surface area (Å²) in [6.45, 7) is 8.10. The Bertz CT molecular complexity index is 1450. The number of rotatable bonds is 7. The van der Waals surface area contributed by atoms with Gasteiger partial charge in [0.1, 0.15) is 18.2 Å². The quantitative estimate of drug-likeness (QED) is 0.416. The summed E-state index contributed by atoms with van der Waals surface area (Å²) in [5.74, 6) is 1.31. The van der Waals surface area contributed by atoms with E-state index in [4.69, 9.17) is 14.5 Å². The van der Waals surface area contributed by atoms with Crippen LogP contribution in [0.4, 0.5) is 5.82 Å². The molecule has 0 bridgehead atoms. The lowest BCUT2D eigenvalue weighted by Crippen LogP contribution is -2.44. The molecule has 0 radical (unpaired) electrons. The highest BCUT2D eigenvalue weighted by atomic mass is 16.5. The maximum absolute atomic E-state index is 11.7. The smallest absolute Gasteiger partial charge is 0.310 e. The van der Waals surface area contributed by atoms with Gasteiger partial charge in [-0.2, -0.15) is 0 Å². The summed E-state index contributed by atoms with van der Waals surface area (Å²) >= 11 is 0. The molecule has 0 spiro atoms. The number of ether oxygens (including phenoxy) is 2. The number of para-hydroxylation sites is 1. The molecule has 2 saturated heterocycles. The summed E-state index contributed by atoms with van der Waals surface area (Å²) in [5.41, 5.74) is 6.85. The number of hydrogen-bond donors (Lipinski definition) is 1. The SMILES string of the molecule is Cc1c(COc2ccccc2-c2cccc(N3CC[C@@]4(C(=O)O)C[C@H]4C3)n2)ccc2c1CCN([C@H]1CCCOC1)C2. The number of carbonyl (C=O) groups is 1. The number of hydrogen-bond acceptors (Lipinski definition) is 6. The minimum Gasteiger partial charge on any atom is -0.488 e. The number of aromatic nitrogens is 1. The van der Waals surface area contributed by atoms with Gasteiger partial charge < -0.3 is 19.5 Å². The molecule has 3 aliphatic heterocycles. The van der Waals surface area contributed by atoms with Crippen molar-refractivity contribution in [1.82, 2.24) is 9.88 Å². The van der Waals surface area contributed by atoms with Crippen LogP contribution in [0, 0.1) is 18.3 Å². The topological polar surface area (TPSA) is 75.1 Å². The van der Waals surface area contributed by atoms with Crippen LogP contribution in [0.2, 0.25) is 0 Å². The maximum Gasteiger partial charge on any atom is 0.310 e. The molecule has 1 aromatic heterocycles. The second-order valence-electron chi connectivity index (χ2n) is 12.3. The number of carboxylic acid groups (broad SMARTS) is 1. The molecule has 1 N–H and O–H groups in total. The number of nitrogens with zero attached hydrogens (tertiary/aromatic N) is 3. The molecule has 0 unspecified atom stereocenters. The van der Waals surface area contributed by atoms with E-state index < -0.39 is 11.4 Å². The molecule has 214 valence electrons. The first-order chi connectivity index (χ1) is 20.0. The number of anilines is 1. The van der Waals surface area contributed by atoms with Crippen LogP contribution in [0.15, 0.2) is 54.6 Å². The third kappa shape index (κ3) is 4.99. The highest BCUT2D eigenvalue weighted by molar-refractivity contribution is 5.79. The van der Waals surface area contributed by atoms with E-state index in [2.05, 4.69) is 34.9 Å². The summed E-state index contributed by atoms with van der Waals surface area (Å²) in [7, 11) is 0. The van der Waals surface area contributed by atoms with Crippen molar-refractivity contribution in [1.29, 1.82) is 0 Å². The lowest BCUT2D eigenvalue weighted by atomic mass is 9.91. The fourth-order valence-electron chi connectivity index (χ4n) is 7.29. The van der Waals surface area contributed by atoms with Crippen molar-refractivity contribution >= 4 is 11.8 Å². The zero-order valence-electron chi connectivity index (χ0n) is 23.8. The first kappa shape index (κ1) is 26.5. The molecule has 7 nitrogen and oxygen atoms in total. The lowest BCUT2D eigenvalue weighted by molar-refractivity contribution is -0.144. The van der Waals surface area contributed by atoms with Crippen LogP contribution < -0.4 is 9.64 Å². The van der Waals surface area contributed by atoms with Gasteiger partial charge in [0, 0.05) is 44.4 Å². The summed E-state index contributed by atoms with van der Waals surface area (Å²) in [5, 5.41) is 9.63. The van der Waals surface area contributed by atoms with Crippen molar-refractivity contribution in [2.75, 3.05) is 37.7 Å². The van der Waals surface area contributed by atoms with E-state index in [0.717, 1.165) is 81.5 Å². The molecular weight excluding hydrogens is 514 g/mol. The van der Waals surface area contributed by atoms with E-state index in [9.17, 15) is 9.90 Å². The normalized spacial score (nSPS) is 25.7. The zero-order chi connectivity index (χ0) is 28.0. The Balaban J connectivity index is 1.05. The summed E-state index contributed by atoms with van der Waals surface area (Å²) in [6, 6.07) is 19.3. The van der Waals surface area contributed by atoms with Gasteiger partial charge in [-0.3, -0.25) is 9.69 Å². The van der Waals surface area contributed by atoms with Gasteiger partial charge in [-0.15, -0.1) is 0 Å². The van der Waals surface area contributed by atoms with Crippen molar-refractivity contribution in [3.05, 3.63) is 76.9 Å². The van der Waals surface area contributed by atoms with Crippen LogP contribution >= 0.6 is 0 Å². The molecule has 0 amide bonds. The van der Waals surface area contributed by atoms with Crippen molar-refractivity contribution in [3.8, 4) is 17.0 Å². The highest BCUT2D eigenvalue weighted by Crippen LogP contribution is 2.58. The average molecular weight is 554 g/mol. The molecule has 3 atom stereocenters. The Morgan fingerprint density at radius 3 is 2.88 bits per heavy atom. The number of pyridine rings is 1. The van der Waals surface area contributed by atoms with Gasteiger partial charge in [0.05, 0.1) is 17.7 Å². The van der Waals surface area contributed by atoms with E-state index in [-0.39, 0.29) is 5.92 Å². The number of aliphatic carboxylic acids is 1. The van der Waals surface area contributed by atoms with Crippen molar-refractivity contribution in [2.45, 2.75) is 58.2 Å². The summed E-state index contributed by atoms with van der Waals surface area (Å²) in [6.07, 6.45) is 4.94.